The van der Waals surface area contributed by atoms with E-state index in [4.69, 9.17) is 9.84 Å². The van der Waals surface area contributed by atoms with E-state index in [-0.39, 0.29) is 17.3 Å². The van der Waals surface area contributed by atoms with Gasteiger partial charge in [0.2, 0.25) is 5.91 Å². The van der Waals surface area contributed by atoms with E-state index in [0.29, 0.717) is 6.54 Å². The van der Waals surface area contributed by atoms with Gasteiger partial charge in [-0.05, 0) is 19.1 Å². The molecule has 18 heavy (non-hydrogen) atoms. The van der Waals surface area contributed by atoms with Crippen LogP contribution in [0.5, 0.6) is 0 Å². The predicted octanol–water partition coefficient (Wildman–Crippen LogP) is 1.27. The number of carbonyl (C=O) groups excluding carboxylic acids is 1. The van der Waals surface area contributed by atoms with Crippen molar-refractivity contribution in [1.29, 1.82) is 0 Å². The average Bonchev–Trinajstić information content (AvgIpc) is 2.37. The zero-order chi connectivity index (χ0) is 13.4. The number of amides is 1. The fourth-order valence-corrected chi connectivity index (χ4v) is 3.10. The molecule has 2 N–H and O–H groups in total. The van der Waals surface area contributed by atoms with Crippen LogP contribution in [-0.2, 0) is 14.3 Å². The summed E-state index contributed by atoms with van der Waals surface area (Å²) in [6.45, 7) is 0.0291. The molecule has 1 fully saturated rings. The topological polar surface area (TPSA) is 75.6 Å². The Kier molecular flexibility index (Phi) is 6.49. The van der Waals surface area contributed by atoms with Gasteiger partial charge in [0.15, 0.2) is 0 Å². The lowest BCUT2D eigenvalue weighted by Crippen LogP contribution is -2.43. The second-order valence-electron chi connectivity index (χ2n) is 4.61. The number of rotatable bonds is 7. The number of hydrogen-bond donors (Lipinski definition) is 2. The SMILES string of the molecule is CSC1(CNC(=O)COCC(=O)O)CCCCC1. The summed E-state index contributed by atoms with van der Waals surface area (Å²) in [5, 5.41) is 11.2. The smallest absolute Gasteiger partial charge is 0.329 e. The third kappa shape index (κ3) is 5.27. The van der Waals surface area contributed by atoms with Crippen LogP contribution in [0.4, 0.5) is 0 Å². The lowest BCUT2D eigenvalue weighted by atomic mass is 9.88. The molecule has 0 heterocycles. The van der Waals surface area contributed by atoms with Crippen molar-refractivity contribution in [2.45, 2.75) is 36.9 Å². The molecule has 1 amide bonds. The van der Waals surface area contributed by atoms with Crippen LogP contribution in [0, 0.1) is 0 Å². The van der Waals surface area contributed by atoms with Crippen molar-refractivity contribution in [1.82, 2.24) is 5.32 Å². The maximum atomic E-state index is 11.5. The van der Waals surface area contributed by atoms with E-state index >= 15 is 0 Å². The fraction of sp³-hybridized carbons (Fsp3) is 0.833. The van der Waals surface area contributed by atoms with Gasteiger partial charge in [0, 0.05) is 11.3 Å². The maximum absolute atomic E-state index is 11.5. The standard InChI is InChI=1S/C12H21NO4S/c1-18-12(5-3-2-4-6-12)9-13-10(14)7-17-8-11(15)16/h2-9H2,1H3,(H,13,14)(H,15,16). The second-order valence-corrected chi connectivity index (χ2v) is 5.89. The highest BCUT2D eigenvalue weighted by Crippen LogP contribution is 2.37. The zero-order valence-corrected chi connectivity index (χ0v) is 11.6. The van der Waals surface area contributed by atoms with Gasteiger partial charge in [-0.2, -0.15) is 11.8 Å². The van der Waals surface area contributed by atoms with E-state index < -0.39 is 12.6 Å². The third-order valence-electron chi connectivity index (χ3n) is 3.26. The first kappa shape index (κ1) is 15.3. The first-order chi connectivity index (χ1) is 8.58. The molecule has 0 aliphatic heterocycles. The van der Waals surface area contributed by atoms with Gasteiger partial charge in [0.1, 0.15) is 13.2 Å². The van der Waals surface area contributed by atoms with E-state index in [1.165, 1.54) is 19.3 Å². The molecule has 0 bridgehead atoms. The number of ether oxygens (including phenoxy) is 1. The number of hydrogen-bond acceptors (Lipinski definition) is 4. The van der Waals surface area contributed by atoms with E-state index in [9.17, 15) is 9.59 Å². The van der Waals surface area contributed by atoms with Gasteiger partial charge >= 0.3 is 5.97 Å². The monoisotopic (exact) mass is 275 g/mol. The van der Waals surface area contributed by atoms with Crippen molar-refractivity contribution in [3.8, 4) is 0 Å². The predicted molar refractivity (Wildman–Crippen MR) is 70.8 cm³/mol. The summed E-state index contributed by atoms with van der Waals surface area (Å²) in [4.78, 5) is 21.7. The van der Waals surface area contributed by atoms with E-state index in [2.05, 4.69) is 11.6 Å². The molecule has 0 spiro atoms. The molecule has 1 saturated carbocycles. The number of nitrogens with one attached hydrogen (secondary N) is 1. The number of carboxylic acid groups (broad SMARTS) is 1. The quantitative estimate of drug-likeness (QED) is 0.732. The van der Waals surface area contributed by atoms with Crippen molar-refractivity contribution in [3.05, 3.63) is 0 Å². The van der Waals surface area contributed by atoms with Gasteiger partial charge in [-0.3, -0.25) is 4.79 Å². The van der Waals surface area contributed by atoms with Gasteiger partial charge in [-0.15, -0.1) is 0 Å². The Bertz CT molecular complexity index is 290. The summed E-state index contributed by atoms with van der Waals surface area (Å²) in [5.41, 5.74) is 0. The molecule has 0 saturated heterocycles. The molecule has 0 unspecified atom stereocenters. The largest absolute Gasteiger partial charge is 0.480 e. The Morgan fingerprint density at radius 2 is 1.94 bits per heavy atom. The van der Waals surface area contributed by atoms with Crippen LogP contribution >= 0.6 is 11.8 Å². The Morgan fingerprint density at radius 1 is 1.28 bits per heavy atom. The number of aliphatic carboxylic acids is 1. The molecule has 5 nitrogen and oxygen atoms in total. The molecule has 0 atom stereocenters. The van der Waals surface area contributed by atoms with Crippen molar-refractivity contribution >= 4 is 23.6 Å². The zero-order valence-electron chi connectivity index (χ0n) is 10.7. The third-order valence-corrected chi connectivity index (χ3v) is 4.68. The van der Waals surface area contributed by atoms with E-state index in [1.807, 2.05) is 11.8 Å². The molecule has 104 valence electrons. The van der Waals surface area contributed by atoms with Crippen molar-refractivity contribution in [2.24, 2.45) is 0 Å². The number of carbonyl (C=O) groups is 2. The Labute approximate surface area is 112 Å². The van der Waals surface area contributed by atoms with Crippen molar-refractivity contribution < 1.29 is 19.4 Å². The van der Waals surface area contributed by atoms with Crippen LogP contribution in [0.1, 0.15) is 32.1 Å². The van der Waals surface area contributed by atoms with E-state index in [1.54, 1.807) is 0 Å². The molecule has 0 aromatic rings. The van der Waals surface area contributed by atoms with Gasteiger partial charge in [0.25, 0.3) is 0 Å². The summed E-state index contributed by atoms with van der Waals surface area (Å²) >= 11 is 1.81. The second kappa shape index (κ2) is 7.63. The highest BCUT2D eigenvalue weighted by Gasteiger charge is 2.31. The van der Waals surface area contributed by atoms with Crippen molar-refractivity contribution in [3.63, 3.8) is 0 Å². The molecular weight excluding hydrogens is 254 g/mol. The molecule has 0 radical (unpaired) electrons. The van der Waals surface area contributed by atoms with Crippen LogP contribution < -0.4 is 5.32 Å². The summed E-state index contributed by atoms with van der Waals surface area (Å²) < 4.78 is 4.90. The lowest BCUT2D eigenvalue weighted by molar-refractivity contribution is -0.143. The summed E-state index contributed by atoms with van der Waals surface area (Å²) in [6.07, 6.45) is 8.05. The molecule has 1 rings (SSSR count). The minimum atomic E-state index is -1.06. The van der Waals surface area contributed by atoms with Crippen LogP contribution in [0.15, 0.2) is 0 Å². The van der Waals surface area contributed by atoms with Crippen molar-refractivity contribution in [2.75, 3.05) is 26.0 Å². The molecule has 0 aromatic heterocycles. The molecule has 0 aromatic carbocycles. The van der Waals surface area contributed by atoms with Gasteiger partial charge in [-0.1, -0.05) is 19.3 Å². The number of carboxylic acids is 1. The Hall–Kier alpha value is -0.750. The first-order valence-corrected chi connectivity index (χ1v) is 7.42. The highest BCUT2D eigenvalue weighted by molar-refractivity contribution is 8.00. The lowest BCUT2D eigenvalue weighted by Gasteiger charge is -2.35. The summed E-state index contributed by atoms with van der Waals surface area (Å²) in [7, 11) is 0. The molecular formula is C12H21NO4S. The maximum Gasteiger partial charge on any atom is 0.329 e. The molecule has 1 aliphatic carbocycles. The minimum Gasteiger partial charge on any atom is -0.480 e. The Balaban J connectivity index is 2.25. The average molecular weight is 275 g/mol. The summed E-state index contributed by atoms with van der Waals surface area (Å²) in [5.74, 6) is -1.30. The van der Waals surface area contributed by atoms with Gasteiger partial charge < -0.3 is 15.2 Å². The van der Waals surface area contributed by atoms with Crippen LogP contribution in [0.3, 0.4) is 0 Å². The normalized spacial score (nSPS) is 18.3. The van der Waals surface area contributed by atoms with E-state index in [0.717, 1.165) is 12.8 Å². The summed E-state index contributed by atoms with van der Waals surface area (Å²) in [6, 6.07) is 0. The van der Waals surface area contributed by atoms with Gasteiger partial charge in [0.05, 0.1) is 0 Å². The number of thioether (sulfide) groups is 1. The van der Waals surface area contributed by atoms with Gasteiger partial charge in [-0.25, -0.2) is 4.79 Å². The first-order valence-electron chi connectivity index (χ1n) is 6.19. The fourth-order valence-electron chi connectivity index (χ4n) is 2.19. The molecule has 1 aliphatic rings. The minimum absolute atomic E-state index is 0.153. The highest BCUT2D eigenvalue weighted by atomic mass is 32.2. The Morgan fingerprint density at radius 3 is 2.50 bits per heavy atom. The van der Waals surface area contributed by atoms with Crippen LogP contribution in [0.2, 0.25) is 0 Å². The molecule has 6 heteroatoms. The van der Waals surface area contributed by atoms with Crippen LogP contribution in [0.25, 0.3) is 0 Å². The van der Waals surface area contributed by atoms with Crippen LogP contribution in [-0.4, -0.2) is 47.7 Å².